The van der Waals surface area contributed by atoms with E-state index in [-0.39, 0.29) is 28.4 Å². The largest absolute Gasteiger partial charge is 0.423 e. The molecule has 0 amide bonds. The standard InChI is InChI=1S/C15H12O4/c1-3-5-13(17)19-12-7-4-6-10-14(12)11(16)8-9(2)15(10)18/h3-8H,1-2H3. The number of benzene rings is 1. The highest BCUT2D eigenvalue weighted by Crippen LogP contribution is 2.29. The van der Waals surface area contributed by atoms with E-state index in [9.17, 15) is 14.4 Å². The minimum absolute atomic E-state index is 0.114. The Morgan fingerprint density at radius 3 is 2.68 bits per heavy atom. The zero-order chi connectivity index (χ0) is 14.0. The van der Waals surface area contributed by atoms with Crippen molar-refractivity contribution in [2.45, 2.75) is 13.8 Å². The second-order valence-electron chi connectivity index (χ2n) is 4.12. The van der Waals surface area contributed by atoms with Crippen molar-refractivity contribution in [1.29, 1.82) is 0 Å². The molecule has 1 aliphatic carbocycles. The summed E-state index contributed by atoms with van der Waals surface area (Å²) in [4.78, 5) is 35.3. The van der Waals surface area contributed by atoms with Crippen molar-refractivity contribution in [2.24, 2.45) is 0 Å². The Bertz CT molecular complexity index is 636. The number of ether oxygens (including phenoxy) is 1. The molecule has 0 radical (unpaired) electrons. The first-order valence-corrected chi connectivity index (χ1v) is 5.79. The van der Waals surface area contributed by atoms with Crippen LogP contribution in [0.15, 0.2) is 42.0 Å². The molecular weight excluding hydrogens is 244 g/mol. The van der Waals surface area contributed by atoms with Gasteiger partial charge in [0.05, 0.1) is 5.56 Å². The SMILES string of the molecule is CC=CC(=O)Oc1cccc2c1C(=O)C=C(C)C2=O. The first-order chi connectivity index (χ1) is 9.04. The van der Waals surface area contributed by atoms with E-state index in [0.717, 1.165) is 0 Å². The average Bonchev–Trinajstić information content (AvgIpc) is 2.36. The van der Waals surface area contributed by atoms with Gasteiger partial charge in [0.2, 0.25) is 0 Å². The van der Waals surface area contributed by atoms with Gasteiger partial charge in [-0.2, -0.15) is 0 Å². The van der Waals surface area contributed by atoms with E-state index in [2.05, 4.69) is 0 Å². The van der Waals surface area contributed by atoms with Crippen LogP contribution in [-0.4, -0.2) is 17.5 Å². The van der Waals surface area contributed by atoms with Gasteiger partial charge in [-0.15, -0.1) is 0 Å². The minimum Gasteiger partial charge on any atom is -0.423 e. The van der Waals surface area contributed by atoms with Gasteiger partial charge in [-0.25, -0.2) is 4.79 Å². The molecule has 0 bridgehead atoms. The molecule has 0 N–H and O–H groups in total. The summed E-state index contributed by atoms with van der Waals surface area (Å²) >= 11 is 0. The molecular formula is C15H12O4. The number of Topliss-reactive ketones (excluding diaryl/α,β-unsaturated/α-hetero) is 1. The highest BCUT2D eigenvalue weighted by molar-refractivity contribution is 6.25. The number of hydrogen-bond acceptors (Lipinski definition) is 4. The Kier molecular flexibility index (Phi) is 3.42. The lowest BCUT2D eigenvalue weighted by Crippen LogP contribution is -2.18. The highest BCUT2D eigenvalue weighted by atomic mass is 16.5. The Hall–Kier alpha value is -2.49. The topological polar surface area (TPSA) is 60.4 Å². The Labute approximate surface area is 110 Å². The molecule has 0 spiro atoms. The maximum Gasteiger partial charge on any atom is 0.335 e. The molecule has 0 saturated heterocycles. The molecule has 4 nitrogen and oxygen atoms in total. The fourth-order valence-electron chi connectivity index (χ4n) is 1.88. The van der Waals surface area contributed by atoms with Crippen molar-refractivity contribution >= 4 is 17.5 Å². The number of hydrogen-bond donors (Lipinski definition) is 0. The zero-order valence-electron chi connectivity index (χ0n) is 10.6. The van der Waals surface area contributed by atoms with Gasteiger partial charge in [0.1, 0.15) is 5.75 Å². The second kappa shape index (κ2) is 5.02. The van der Waals surface area contributed by atoms with Crippen molar-refractivity contribution in [3.8, 4) is 5.75 Å². The minimum atomic E-state index is -0.581. The highest BCUT2D eigenvalue weighted by Gasteiger charge is 2.26. The van der Waals surface area contributed by atoms with Crippen molar-refractivity contribution in [2.75, 3.05) is 0 Å². The van der Waals surface area contributed by atoms with Gasteiger partial charge in [-0.05, 0) is 26.0 Å². The molecule has 19 heavy (non-hydrogen) atoms. The summed E-state index contributed by atoms with van der Waals surface area (Å²) < 4.78 is 5.08. The van der Waals surface area contributed by atoms with Crippen LogP contribution < -0.4 is 4.74 Å². The summed E-state index contributed by atoms with van der Waals surface area (Å²) in [6.07, 6.45) is 4.04. The van der Waals surface area contributed by atoms with Crippen LogP contribution in [0.3, 0.4) is 0 Å². The summed E-state index contributed by atoms with van der Waals surface area (Å²) in [6, 6.07) is 4.64. The number of ketones is 2. The van der Waals surface area contributed by atoms with Crippen molar-refractivity contribution < 1.29 is 19.1 Å². The summed E-state index contributed by atoms with van der Waals surface area (Å²) in [6.45, 7) is 3.27. The number of allylic oxidation sites excluding steroid dienone is 3. The number of carbonyl (C=O) groups is 3. The third-order valence-corrected chi connectivity index (χ3v) is 2.74. The van der Waals surface area contributed by atoms with Crippen LogP contribution >= 0.6 is 0 Å². The van der Waals surface area contributed by atoms with Gasteiger partial charge in [-0.1, -0.05) is 18.2 Å². The van der Waals surface area contributed by atoms with Crippen molar-refractivity contribution in [1.82, 2.24) is 0 Å². The van der Waals surface area contributed by atoms with Crippen LogP contribution in [0.2, 0.25) is 0 Å². The van der Waals surface area contributed by atoms with Crippen LogP contribution in [-0.2, 0) is 4.79 Å². The van der Waals surface area contributed by atoms with Crippen LogP contribution in [0, 0.1) is 0 Å². The Morgan fingerprint density at radius 2 is 2.00 bits per heavy atom. The number of rotatable bonds is 2. The first kappa shape index (κ1) is 13.0. The molecule has 1 aliphatic rings. The van der Waals surface area contributed by atoms with E-state index >= 15 is 0 Å². The van der Waals surface area contributed by atoms with E-state index in [1.807, 2.05) is 0 Å². The lowest BCUT2D eigenvalue weighted by Gasteiger charge is -2.15. The lowest BCUT2D eigenvalue weighted by atomic mass is 9.89. The molecule has 4 heteroatoms. The fourth-order valence-corrected chi connectivity index (χ4v) is 1.88. The molecule has 0 aromatic heterocycles. The van der Waals surface area contributed by atoms with Gasteiger partial charge in [0.25, 0.3) is 0 Å². The predicted molar refractivity (Wildman–Crippen MR) is 69.3 cm³/mol. The molecule has 0 saturated carbocycles. The van der Waals surface area contributed by atoms with Crippen molar-refractivity contribution in [3.05, 3.63) is 53.1 Å². The molecule has 0 unspecified atom stereocenters. The molecule has 0 fully saturated rings. The van der Waals surface area contributed by atoms with Crippen LogP contribution in [0.5, 0.6) is 5.75 Å². The van der Waals surface area contributed by atoms with Crippen LogP contribution in [0.1, 0.15) is 34.6 Å². The number of fused-ring (bicyclic) bond motifs is 1. The predicted octanol–water partition coefficient (Wildman–Crippen LogP) is 2.49. The van der Waals surface area contributed by atoms with Gasteiger partial charge < -0.3 is 4.74 Å². The summed E-state index contributed by atoms with van der Waals surface area (Å²) in [5, 5.41) is 0. The monoisotopic (exact) mass is 256 g/mol. The Balaban J connectivity index is 2.49. The van der Waals surface area contributed by atoms with E-state index < -0.39 is 5.97 Å². The van der Waals surface area contributed by atoms with Crippen LogP contribution in [0.25, 0.3) is 0 Å². The summed E-state index contributed by atoms with van der Waals surface area (Å²) in [5.74, 6) is -1.01. The zero-order valence-corrected chi connectivity index (χ0v) is 10.6. The molecule has 0 heterocycles. The fraction of sp³-hybridized carbons (Fsp3) is 0.133. The third-order valence-electron chi connectivity index (χ3n) is 2.74. The van der Waals surface area contributed by atoms with E-state index in [0.29, 0.717) is 5.57 Å². The Morgan fingerprint density at radius 1 is 1.26 bits per heavy atom. The maximum atomic E-state index is 12.0. The normalized spacial score (nSPS) is 14.3. The number of esters is 1. The summed E-state index contributed by atoms with van der Waals surface area (Å²) in [7, 11) is 0. The van der Waals surface area contributed by atoms with Crippen LogP contribution in [0.4, 0.5) is 0 Å². The molecule has 0 atom stereocenters. The van der Waals surface area contributed by atoms with Gasteiger partial charge in [-0.3, -0.25) is 9.59 Å². The third kappa shape index (κ3) is 2.38. The average molecular weight is 256 g/mol. The first-order valence-electron chi connectivity index (χ1n) is 5.79. The maximum absolute atomic E-state index is 12.0. The molecule has 1 aromatic carbocycles. The lowest BCUT2D eigenvalue weighted by molar-refractivity contribution is -0.129. The smallest absolute Gasteiger partial charge is 0.335 e. The van der Waals surface area contributed by atoms with E-state index in [1.54, 1.807) is 26.0 Å². The molecule has 2 rings (SSSR count). The quantitative estimate of drug-likeness (QED) is 0.463. The van der Waals surface area contributed by atoms with E-state index in [4.69, 9.17) is 4.74 Å². The van der Waals surface area contributed by atoms with Gasteiger partial charge >= 0.3 is 5.97 Å². The van der Waals surface area contributed by atoms with E-state index in [1.165, 1.54) is 24.3 Å². The summed E-state index contributed by atoms with van der Waals surface area (Å²) in [5.41, 5.74) is 0.807. The van der Waals surface area contributed by atoms with Gasteiger partial charge in [0, 0.05) is 17.2 Å². The van der Waals surface area contributed by atoms with Gasteiger partial charge in [0.15, 0.2) is 11.6 Å². The molecule has 1 aromatic rings. The second-order valence-corrected chi connectivity index (χ2v) is 4.12. The number of carbonyl (C=O) groups excluding carboxylic acids is 3. The van der Waals surface area contributed by atoms with Crippen molar-refractivity contribution in [3.63, 3.8) is 0 Å². The molecule has 0 aliphatic heterocycles. The molecule has 96 valence electrons.